The van der Waals surface area contributed by atoms with E-state index in [0.717, 1.165) is 6.67 Å². The average Bonchev–Trinajstić information content (AvgIpc) is 2.28. The van der Waals surface area contributed by atoms with Crippen LogP contribution in [-0.2, 0) is 0 Å². The quantitative estimate of drug-likeness (QED) is 0.568. The Morgan fingerprint density at radius 3 is 1.23 bits per heavy atom. The summed E-state index contributed by atoms with van der Waals surface area (Å²) >= 11 is 0. The Kier molecular flexibility index (Phi) is 2.35. The van der Waals surface area contributed by atoms with Gasteiger partial charge in [-0.2, -0.15) is 0 Å². The van der Waals surface area contributed by atoms with Crippen LogP contribution in [0.25, 0.3) is 0 Å². The summed E-state index contributed by atoms with van der Waals surface area (Å²) in [6, 6.07) is 0. The van der Waals surface area contributed by atoms with Gasteiger partial charge in [0.25, 0.3) is 0 Å². The predicted octanol–water partition coefficient (Wildman–Crippen LogP) is 2.63. The second kappa shape index (κ2) is 2.93. The first kappa shape index (κ1) is 10.4. The van der Waals surface area contributed by atoms with Crippen molar-refractivity contribution in [1.82, 2.24) is 9.80 Å². The van der Waals surface area contributed by atoms with Gasteiger partial charge in [0.1, 0.15) is 0 Å². The Morgan fingerprint density at radius 2 is 1.08 bits per heavy atom. The molecular weight excluding hydrogens is 160 g/mol. The first-order valence-electron chi connectivity index (χ1n) is 4.93. The minimum Gasteiger partial charge on any atom is -0.354 e. The molecule has 0 aromatic rings. The Morgan fingerprint density at radius 1 is 0.769 bits per heavy atom. The topological polar surface area (TPSA) is 6.48 Å². The number of hydrogen-bond acceptors (Lipinski definition) is 2. The fourth-order valence-corrected chi connectivity index (χ4v) is 1.29. The van der Waals surface area contributed by atoms with Crippen molar-refractivity contribution in [3.63, 3.8) is 0 Å². The molecule has 0 bridgehead atoms. The minimum atomic E-state index is 0.233. The van der Waals surface area contributed by atoms with Gasteiger partial charge in [0.05, 0.1) is 6.67 Å². The van der Waals surface area contributed by atoms with E-state index in [0.29, 0.717) is 0 Å². The molecule has 1 aliphatic rings. The summed E-state index contributed by atoms with van der Waals surface area (Å²) in [6.07, 6.45) is 4.37. The zero-order chi connectivity index (χ0) is 10.3. The highest BCUT2D eigenvalue weighted by atomic mass is 15.4. The second-order valence-electron chi connectivity index (χ2n) is 5.72. The molecule has 1 rings (SSSR count). The third-order valence-corrected chi connectivity index (χ3v) is 2.45. The summed E-state index contributed by atoms with van der Waals surface area (Å²) in [6.45, 7) is 14.4. The van der Waals surface area contributed by atoms with Gasteiger partial charge in [0.15, 0.2) is 0 Å². The van der Waals surface area contributed by atoms with E-state index in [2.05, 4.69) is 63.7 Å². The molecular formula is C11H22N2. The standard InChI is InChI=1S/C11H22N2/c1-10(2,3)12-7-8-13(9-12)11(4,5)6/h7-8H,9H2,1-6H3. The average molecular weight is 182 g/mol. The van der Waals surface area contributed by atoms with E-state index in [1.807, 2.05) is 0 Å². The molecule has 0 radical (unpaired) electrons. The molecule has 0 saturated carbocycles. The van der Waals surface area contributed by atoms with E-state index in [-0.39, 0.29) is 11.1 Å². The number of rotatable bonds is 0. The van der Waals surface area contributed by atoms with E-state index >= 15 is 0 Å². The molecule has 13 heavy (non-hydrogen) atoms. The van der Waals surface area contributed by atoms with Crippen LogP contribution in [0.4, 0.5) is 0 Å². The van der Waals surface area contributed by atoms with E-state index in [4.69, 9.17) is 0 Å². The maximum atomic E-state index is 2.36. The summed E-state index contributed by atoms with van der Waals surface area (Å²) in [5, 5.41) is 0. The molecule has 0 aromatic carbocycles. The Hall–Kier alpha value is -0.660. The van der Waals surface area contributed by atoms with E-state index in [1.54, 1.807) is 0 Å². The van der Waals surface area contributed by atoms with Crippen molar-refractivity contribution >= 4 is 0 Å². The van der Waals surface area contributed by atoms with Crippen LogP contribution in [0.3, 0.4) is 0 Å². The van der Waals surface area contributed by atoms with Gasteiger partial charge < -0.3 is 9.80 Å². The summed E-state index contributed by atoms with van der Waals surface area (Å²) in [5.74, 6) is 0. The molecule has 0 amide bonds. The van der Waals surface area contributed by atoms with Crippen molar-refractivity contribution in [3.05, 3.63) is 12.4 Å². The lowest BCUT2D eigenvalue weighted by atomic mass is 10.1. The molecule has 0 aromatic heterocycles. The van der Waals surface area contributed by atoms with Crippen LogP contribution in [-0.4, -0.2) is 27.5 Å². The summed E-state index contributed by atoms with van der Waals surface area (Å²) in [7, 11) is 0. The van der Waals surface area contributed by atoms with Crippen LogP contribution in [0.15, 0.2) is 12.4 Å². The SMILES string of the molecule is CC(C)(C)N1C=CN(C(C)(C)C)C1. The largest absolute Gasteiger partial charge is 0.354 e. The zero-order valence-electron chi connectivity index (χ0n) is 9.76. The van der Waals surface area contributed by atoms with Gasteiger partial charge in [-0.05, 0) is 41.5 Å². The maximum absolute atomic E-state index is 2.36. The van der Waals surface area contributed by atoms with Gasteiger partial charge in [-0.1, -0.05) is 0 Å². The molecule has 2 heteroatoms. The Labute approximate surface area is 82.2 Å². The third kappa shape index (κ3) is 2.39. The van der Waals surface area contributed by atoms with Crippen molar-refractivity contribution in [2.24, 2.45) is 0 Å². The van der Waals surface area contributed by atoms with Crippen LogP contribution in [0.1, 0.15) is 41.5 Å². The Balaban J connectivity index is 2.63. The second-order valence-corrected chi connectivity index (χ2v) is 5.72. The van der Waals surface area contributed by atoms with Crippen molar-refractivity contribution in [3.8, 4) is 0 Å². The lowest BCUT2D eigenvalue weighted by Crippen LogP contribution is -2.44. The molecule has 0 saturated heterocycles. The molecule has 2 nitrogen and oxygen atoms in total. The van der Waals surface area contributed by atoms with Crippen molar-refractivity contribution in [1.29, 1.82) is 0 Å². The van der Waals surface area contributed by atoms with Crippen LogP contribution in [0, 0.1) is 0 Å². The van der Waals surface area contributed by atoms with Crippen LogP contribution >= 0.6 is 0 Å². The fraction of sp³-hybridized carbons (Fsp3) is 0.818. The first-order chi connectivity index (χ1) is 5.71. The van der Waals surface area contributed by atoms with Crippen molar-refractivity contribution < 1.29 is 0 Å². The van der Waals surface area contributed by atoms with E-state index < -0.39 is 0 Å². The number of hydrogen-bond donors (Lipinski definition) is 0. The van der Waals surface area contributed by atoms with Gasteiger partial charge in [0, 0.05) is 23.5 Å². The molecule has 0 unspecified atom stereocenters. The van der Waals surface area contributed by atoms with Crippen LogP contribution < -0.4 is 0 Å². The van der Waals surface area contributed by atoms with Gasteiger partial charge >= 0.3 is 0 Å². The lowest BCUT2D eigenvalue weighted by molar-refractivity contribution is 0.110. The molecule has 0 spiro atoms. The molecule has 0 atom stereocenters. The van der Waals surface area contributed by atoms with E-state index in [1.165, 1.54) is 0 Å². The van der Waals surface area contributed by atoms with Gasteiger partial charge in [-0.25, -0.2) is 0 Å². The van der Waals surface area contributed by atoms with Gasteiger partial charge in [0.2, 0.25) is 0 Å². The molecule has 0 aliphatic carbocycles. The molecule has 76 valence electrons. The zero-order valence-corrected chi connectivity index (χ0v) is 9.76. The minimum absolute atomic E-state index is 0.233. The lowest BCUT2D eigenvalue weighted by Gasteiger charge is -2.38. The van der Waals surface area contributed by atoms with Gasteiger partial charge in [-0.3, -0.25) is 0 Å². The molecule has 0 N–H and O–H groups in total. The summed E-state index contributed by atoms with van der Waals surface area (Å²) < 4.78 is 0. The molecule has 1 aliphatic heterocycles. The molecule has 1 heterocycles. The smallest absolute Gasteiger partial charge is 0.0903 e. The highest BCUT2D eigenvalue weighted by Gasteiger charge is 2.28. The highest BCUT2D eigenvalue weighted by Crippen LogP contribution is 2.24. The van der Waals surface area contributed by atoms with E-state index in [9.17, 15) is 0 Å². The monoisotopic (exact) mass is 182 g/mol. The third-order valence-electron chi connectivity index (χ3n) is 2.45. The van der Waals surface area contributed by atoms with Crippen molar-refractivity contribution in [2.45, 2.75) is 52.6 Å². The maximum Gasteiger partial charge on any atom is 0.0903 e. The van der Waals surface area contributed by atoms with Crippen LogP contribution in [0.2, 0.25) is 0 Å². The summed E-state index contributed by atoms with van der Waals surface area (Å²) in [5.41, 5.74) is 0.465. The predicted molar refractivity (Wildman–Crippen MR) is 57.2 cm³/mol. The van der Waals surface area contributed by atoms with Crippen molar-refractivity contribution in [2.75, 3.05) is 6.67 Å². The fourth-order valence-electron chi connectivity index (χ4n) is 1.29. The molecule has 0 fully saturated rings. The first-order valence-corrected chi connectivity index (χ1v) is 4.93. The van der Waals surface area contributed by atoms with Gasteiger partial charge in [-0.15, -0.1) is 0 Å². The normalized spacial score (nSPS) is 18.6. The summed E-state index contributed by atoms with van der Waals surface area (Å²) in [4.78, 5) is 4.72. The number of nitrogens with zero attached hydrogens (tertiary/aromatic N) is 2. The Bertz CT molecular complexity index is 183. The highest BCUT2D eigenvalue weighted by molar-refractivity contribution is 5.00. The van der Waals surface area contributed by atoms with Crippen LogP contribution in [0.5, 0.6) is 0 Å².